The number of ketones is 1. The van der Waals surface area contributed by atoms with Crippen molar-refractivity contribution in [2.45, 2.75) is 115 Å². The molecule has 1 aromatic rings. The van der Waals surface area contributed by atoms with Crippen molar-refractivity contribution in [3.8, 4) is 0 Å². The minimum atomic E-state index is -5.62. The molecule has 0 bridgehead atoms. The summed E-state index contributed by atoms with van der Waals surface area (Å²) in [4.78, 5) is 36.8. The second-order valence-electron chi connectivity index (χ2n) is 14.7. The fourth-order valence-electron chi connectivity index (χ4n) is 4.65. The van der Waals surface area contributed by atoms with E-state index in [9.17, 15) is 36.0 Å². The van der Waals surface area contributed by atoms with Crippen LogP contribution in [0, 0.1) is 6.92 Å². The summed E-state index contributed by atoms with van der Waals surface area (Å²) in [6, 6.07) is 0. The third-order valence-electron chi connectivity index (χ3n) is 9.48. The summed E-state index contributed by atoms with van der Waals surface area (Å²) in [6.07, 6.45) is -9.26. The molecule has 0 aromatic carbocycles. The van der Waals surface area contributed by atoms with E-state index in [0.29, 0.717) is 0 Å². The average Bonchev–Trinajstić information content (AvgIpc) is 3.25. The number of carbonyl (C=O) groups is 1. The van der Waals surface area contributed by atoms with Crippen molar-refractivity contribution >= 4 is 32.5 Å². The molecule has 12 nitrogen and oxygen atoms in total. The van der Waals surface area contributed by atoms with Gasteiger partial charge in [0.25, 0.3) is 11.3 Å². The van der Waals surface area contributed by atoms with E-state index in [1.807, 2.05) is 54.6 Å². The number of aryl methyl sites for hydroxylation is 1. The summed E-state index contributed by atoms with van der Waals surface area (Å²) < 4.78 is 94.7. The minimum Gasteiger partial charge on any atom is -0.414 e. The molecular formula is C27H44F3N3O9SSi2. The Morgan fingerprint density at radius 2 is 1.56 bits per heavy atom. The monoisotopic (exact) mass is 699 g/mol. The van der Waals surface area contributed by atoms with Crippen LogP contribution in [0.4, 0.5) is 13.2 Å². The van der Waals surface area contributed by atoms with Gasteiger partial charge in [-0.05, 0) is 43.2 Å². The number of rotatable bonds is 7. The minimum absolute atomic E-state index is 0.109. The molecule has 3 rings (SSSR count). The van der Waals surface area contributed by atoms with E-state index < -0.39 is 96.2 Å². The SMILES string of the molecule is Cc1cn([C@@H]2O[C@H](CO[Si](C)(C)C(C)(C)C)[C@@]3(OS(=O)(=O)C(C(=O)C(F)(F)F)=C3N)[C@H]2O[Si](C)(C)C(C)(C)C)c(=O)n(C)c1=O. The van der Waals surface area contributed by atoms with Gasteiger partial charge in [-0.15, -0.1) is 0 Å². The maximum Gasteiger partial charge on any atom is 0.455 e. The third-order valence-corrected chi connectivity index (χ3v) is 19.8. The van der Waals surface area contributed by atoms with Gasteiger partial charge < -0.3 is 19.3 Å². The van der Waals surface area contributed by atoms with Crippen LogP contribution in [0.5, 0.6) is 0 Å². The van der Waals surface area contributed by atoms with Crippen LogP contribution in [-0.2, 0) is 39.7 Å². The maximum absolute atomic E-state index is 13.8. The molecule has 1 saturated heterocycles. The molecule has 1 spiro atoms. The third kappa shape index (κ3) is 6.30. The van der Waals surface area contributed by atoms with Crippen molar-refractivity contribution in [2.75, 3.05) is 6.61 Å². The van der Waals surface area contributed by atoms with Gasteiger partial charge in [-0.1, -0.05) is 41.5 Å². The van der Waals surface area contributed by atoms with E-state index in [4.69, 9.17) is 23.5 Å². The first-order valence-corrected chi connectivity index (χ1v) is 21.5. The molecular weight excluding hydrogens is 656 g/mol. The molecule has 0 radical (unpaired) electrons. The van der Waals surface area contributed by atoms with Gasteiger partial charge >= 0.3 is 22.0 Å². The van der Waals surface area contributed by atoms with Crippen molar-refractivity contribution in [1.82, 2.24) is 9.13 Å². The second-order valence-corrected chi connectivity index (χ2v) is 25.7. The molecule has 0 aliphatic carbocycles. The highest BCUT2D eigenvalue weighted by Gasteiger charge is 2.71. The fourth-order valence-corrected chi connectivity index (χ4v) is 8.44. The van der Waals surface area contributed by atoms with Crippen LogP contribution in [0.3, 0.4) is 0 Å². The molecule has 45 heavy (non-hydrogen) atoms. The van der Waals surface area contributed by atoms with E-state index in [1.165, 1.54) is 20.2 Å². The van der Waals surface area contributed by atoms with Gasteiger partial charge in [0.1, 0.15) is 12.2 Å². The van der Waals surface area contributed by atoms with Crippen LogP contribution in [-0.4, -0.2) is 70.6 Å². The molecule has 1 aromatic heterocycles. The zero-order chi connectivity index (χ0) is 35.1. The number of nitrogens with zero attached hydrogens (tertiary/aromatic N) is 2. The topological polar surface area (TPSA) is 158 Å². The molecule has 3 heterocycles. The van der Waals surface area contributed by atoms with E-state index in [0.717, 1.165) is 9.13 Å². The molecule has 18 heteroatoms. The fraction of sp³-hybridized carbons (Fsp3) is 0.741. The molecule has 0 amide bonds. The smallest absolute Gasteiger partial charge is 0.414 e. The lowest BCUT2D eigenvalue weighted by Crippen LogP contribution is -2.59. The van der Waals surface area contributed by atoms with Gasteiger partial charge in [0.2, 0.25) is 0 Å². The van der Waals surface area contributed by atoms with E-state index >= 15 is 0 Å². The molecule has 2 aliphatic heterocycles. The lowest BCUT2D eigenvalue weighted by atomic mass is 9.88. The van der Waals surface area contributed by atoms with Crippen molar-refractivity contribution in [2.24, 2.45) is 12.8 Å². The summed E-state index contributed by atoms with van der Waals surface area (Å²) in [5.41, 5.74) is 1.32. The summed E-state index contributed by atoms with van der Waals surface area (Å²) in [6.45, 7) is 19.8. The molecule has 4 atom stereocenters. The number of hydrogen-bond donors (Lipinski definition) is 1. The number of hydrogen-bond acceptors (Lipinski definition) is 10. The number of Topliss-reactive ketones (excluding diaryl/α,β-unsaturated/α-hetero) is 1. The van der Waals surface area contributed by atoms with Crippen LogP contribution in [0.25, 0.3) is 0 Å². The highest BCUT2D eigenvalue weighted by atomic mass is 32.2. The number of ether oxygens (including phenoxy) is 1. The standard InChI is InChI=1S/C27H44F3N3O9SSi2/c1-15-13-33(23(36)32(8)21(15)35)22-20(41-45(11,12)25(5,6)7)26(16(40-22)14-39-44(9,10)24(2,3)4)18(31)17(43(37,38)42-26)19(34)27(28,29)30/h13,16,20,22H,14,31H2,1-12H3/t16-,20+,22-,26+/m1/s1. The number of allylic oxidation sites excluding steroid dienone is 1. The number of alkyl halides is 3. The van der Waals surface area contributed by atoms with Crippen LogP contribution < -0.4 is 17.0 Å². The predicted octanol–water partition coefficient (Wildman–Crippen LogP) is 3.57. The highest BCUT2D eigenvalue weighted by molar-refractivity contribution is 7.92. The lowest BCUT2D eigenvalue weighted by molar-refractivity contribution is -0.165. The Labute approximate surface area is 263 Å². The summed E-state index contributed by atoms with van der Waals surface area (Å²) >= 11 is 0. The Morgan fingerprint density at radius 3 is 2.02 bits per heavy atom. The Kier molecular flexibility index (Phi) is 9.35. The zero-order valence-corrected chi connectivity index (χ0v) is 30.5. The van der Waals surface area contributed by atoms with Gasteiger partial charge in [0, 0.05) is 18.8 Å². The van der Waals surface area contributed by atoms with Crippen molar-refractivity contribution in [3.63, 3.8) is 0 Å². The van der Waals surface area contributed by atoms with Crippen LogP contribution in [0.2, 0.25) is 36.3 Å². The summed E-state index contributed by atoms with van der Waals surface area (Å²) in [7, 11) is -9.88. The Balaban J connectivity index is 2.45. The van der Waals surface area contributed by atoms with Gasteiger partial charge in [-0.2, -0.15) is 21.6 Å². The van der Waals surface area contributed by atoms with Crippen molar-refractivity contribution < 1.29 is 44.2 Å². The number of aromatic nitrogens is 2. The van der Waals surface area contributed by atoms with Gasteiger partial charge in [0.15, 0.2) is 33.4 Å². The Bertz CT molecular complexity index is 1640. The summed E-state index contributed by atoms with van der Waals surface area (Å²) in [5, 5.41) is -0.915. The highest BCUT2D eigenvalue weighted by Crippen LogP contribution is 2.54. The molecule has 0 unspecified atom stereocenters. The summed E-state index contributed by atoms with van der Waals surface area (Å²) in [5.74, 6) is -2.72. The lowest BCUT2D eigenvalue weighted by Gasteiger charge is -2.43. The van der Waals surface area contributed by atoms with Crippen molar-refractivity contribution in [3.05, 3.63) is 43.2 Å². The van der Waals surface area contributed by atoms with E-state index in [1.54, 1.807) is 13.1 Å². The van der Waals surface area contributed by atoms with Crippen LogP contribution in [0.15, 0.2) is 26.4 Å². The molecule has 256 valence electrons. The molecule has 2 N–H and O–H groups in total. The van der Waals surface area contributed by atoms with Crippen LogP contribution >= 0.6 is 0 Å². The predicted molar refractivity (Wildman–Crippen MR) is 165 cm³/mol. The molecule has 0 saturated carbocycles. The van der Waals surface area contributed by atoms with Gasteiger partial charge in [-0.25, -0.2) is 8.98 Å². The average molecular weight is 700 g/mol. The largest absolute Gasteiger partial charge is 0.455 e. The quantitative estimate of drug-likeness (QED) is 0.330. The zero-order valence-electron chi connectivity index (χ0n) is 27.7. The molecule has 1 fully saturated rings. The molecule has 2 aliphatic rings. The Morgan fingerprint density at radius 1 is 1.04 bits per heavy atom. The second kappa shape index (κ2) is 11.3. The normalized spacial score (nSPS) is 26.2. The first-order chi connectivity index (χ1) is 19.9. The maximum atomic E-state index is 13.8. The van der Waals surface area contributed by atoms with Gasteiger partial charge in [-0.3, -0.25) is 18.7 Å². The van der Waals surface area contributed by atoms with E-state index in [-0.39, 0.29) is 10.6 Å². The van der Waals surface area contributed by atoms with Crippen molar-refractivity contribution in [1.29, 1.82) is 0 Å². The first-order valence-electron chi connectivity index (χ1n) is 14.3. The van der Waals surface area contributed by atoms with Crippen LogP contribution in [0.1, 0.15) is 53.3 Å². The number of nitrogens with two attached hydrogens (primary N) is 1. The number of carbonyl (C=O) groups excluding carboxylic acids is 1. The Hall–Kier alpha value is -2.10. The van der Waals surface area contributed by atoms with E-state index in [2.05, 4.69) is 0 Å². The van der Waals surface area contributed by atoms with Gasteiger partial charge in [0.05, 0.1) is 12.3 Å². The number of halogens is 3. The first kappa shape index (κ1) is 37.4.